The van der Waals surface area contributed by atoms with Crippen molar-refractivity contribution in [2.45, 2.75) is 32.2 Å². The Balaban J connectivity index is 2.33. The fraction of sp³-hybridized carbons (Fsp3) is 0.667. The van der Waals surface area contributed by atoms with Gasteiger partial charge in [0.15, 0.2) is 0 Å². The van der Waals surface area contributed by atoms with E-state index in [1.54, 1.807) is 6.92 Å². The Kier molecular flexibility index (Phi) is 4.83. The van der Waals surface area contributed by atoms with Crippen LogP contribution in [0.4, 0.5) is 4.79 Å². The van der Waals surface area contributed by atoms with Crippen LogP contribution in [-0.2, 0) is 4.79 Å². The molecule has 0 spiro atoms. The summed E-state index contributed by atoms with van der Waals surface area (Å²) in [5.41, 5.74) is 0. The van der Waals surface area contributed by atoms with Crippen molar-refractivity contribution in [1.82, 2.24) is 10.6 Å². The van der Waals surface area contributed by atoms with Crippen molar-refractivity contribution < 1.29 is 14.7 Å². The highest BCUT2D eigenvalue weighted by atomic mass is 16.4. The van der Waals surface area contributed by atoms with Crippen LogP contribution in [0.15, 0.2) is 0 Å². The first-order chi connectivity index (χ1) is 8.04. The number of carboxylic acid groups (broad SMARTS) is 1. The largest absolute Gasteiger partial charge is 0.481 e. The average Bonchev–Trinajstić information content (AvgIpc) is 2.74. The van der Waals surface area contributed by atoms with Crippen LogP contribution in [0.3, 0.4) is 0 Å². The van der Waals surface area contributed by atoms with E-state index < -0.39 is 5.97 Å². The molecule has 1 aliphatic carbocycles. The maximum atomic E-state index is 11.4. The fourth-order valence-corrected chi connectivity index (χ4v) is 2.12. The SMILES string of the molecule is C#CC(C)NC(=O)NCC1CCCC1C(=O)O. The van der Waals surface area contributed by atoms with E-state index in [4.69, 9.17) is 11.5 Å². The summed E-state index contributed by atoms with van der Waals surface area (Å²) >= 11 is 0. The second-order valence-electron chi connectivity index (χ2n) is 4.38. The van der Waals surface area contributed by atoms with Gasteiger partial charge in [-0.15, -0.1) is 6.42 Å². The minimum atomic E-state index is -0.772. The molecular formula is C12H18N2O3. The average molecular weight is 238 g/mol. The molecule has 2 amide bonds. The maximum absolute atomic E-state index is 11.4. The number of carbonyl (C=O) groups is 2. The van der Waals surface area contributed by atoms with Crippen molar-refractivity contribution in [1.29, 1.82) is 0 Å². The molecular weight excluding hydrogens is 220 g/mol. The van der Waals surface area contributed by atoms with Crippen molar-refractivity contribution >= 4 is 12.0 Å². The minimum absolute atomic E-state index is 0.0272. The zero-order valence-electron chi connectivity index (χ0n) is 9.90. The lowest BCUT2D eigenvalue weighted by Crippen LogP contribution is -2.42. The van der Waals surface area contributed by atoms with Crippen LogP contribution in [0.2, 0.25) is 0 Å². The molecule has 1 fully saturated rings. The molecule has 1 saturated carbocycles. The summed E-state index contributed by atoms with van der Waals surface area (Å²) in [6.07, 6.45) is 7.59. The highest BCUT2D eigenvalue weighted by Crippen LogP contribution is 2.31. The molecule has 94 valence electrons. The number of urea groups is 1. The summed E-state index contributed by atoms with van der Waals surface area (Å²) in [5, 5.41) is 14.2. The molecule has 0 aromatic rings. The van der Waals surface area contributed by atoms with E-state index in [2.05, 4.69) is 16.6 Å². The number of amides is 2. The van der Waals surface area contributed by atoms with Crippen LogP contribution in [0.25, 0.3) is 0 Å². The van der Waals surface area contributed by atoms with E-state index >= 15 is 0 Å². The van der Waals surface area contributed by atoms with Gasteiger partial charge in [0.1, 0.15) is 0 Å². The molecule has 1 aliphatic rings. The highest BCUT2D eigenvalue weighted by molar-refractivity contribution is 5.75. The number of hydrogen-bond acceptors (Lipinski definition) is 2. The van der Waals surface area contributed by atoms with Gasteiger partial charge in [-0.2, -0.15) is 0 Å². The van der Waals surface area contributed by atoms with Crippen LogP contribution in [0.5, 0.6) is 0 Å². The monoisotopic (exact) mass is 238 g/mol. The molecule has 0 heterocycles. The van der Waals surface area contributed by atoms with Crippen molar-refractivity contribution in [2.75, 3.05) is 6.54 Å². The Labute approximate surface area is 101 Å². The van der Waals surface area contributed by atoms with Gasteiger partial charge in [-0.25, -0.2) is 4.79 Å². The van der Waals surface area contributed by atoms with E-state index in [9.17, 15) is 9.59 Å². The fourth-order valence-electron chi connectivity index (χ4n) is 2.12. The topological polar surface area (TPSA) is 78.4 Å². The van der Waals surface area contributed by atoms with Crippen molar-refractivity contribution in [3.8, 4) is 12.3 Å². The van der Waals surface area contributed by atoms with Gasteiger partial charge in [-0.1, -0.05) is 12.3 Å². The quantitative estimate of drug-likeness (QED) is 0.634. The summed E-state index contributed by atoms with van der Waals surface area (Å²) in [4.78, 5) is 22.3. The van der Waals surface area contributed by atoms with E-state index in [1.165, 1.54) is 0 Å². The first-order valence-corrected chi connectivity index (χ1v) is 5.78. The van der Waals surface area contributed by atoms with Gasteiger partial charge in [0.25, 0.3) is 0 Å². The molecule has 3 atom stereocenters. The summed E-state index contributed by atoms with van der Waals surface area (Å²) in [6, 6.07) is -0.666. The van der Waals surface area contributed by atoms with Crippen LogP contribution in [-0.4, -0.2) is 29.7 Å². The zero-order chi connectivity index (χ0) is 12.8. The first-order valence-electron chi connectivity index (χ1n) is 5.78. The van der Waals surface area contributed by atoms with Gasteiger partial charge in [0, 0.05) is 6.54 Å². The molecule has 3 unspecified atom stereocenters. The minimum Gasteiger partial charge on any atom is -0.481 e. The number of aliphatic carboxylic acids is 1. The van der Waals surface area contributed by atoms with Gasteiger partial charge in [0.2, 0.25) is 0 Å². The van der Waals surface area contributed by atoms with E-state index in [0.717, 1.165) is 12.8 Å². The smallest absolute Gasteiger partial charge is 0.315 e. The lowest BCUT2D eigenvalue weighted by molar-refractivity contribution is -0.142. The van der Waals surface area contributed by atoms with E-state index in [-0.39, 0.29) is 23.9 Å². The van der Waals surface area contributed by atoms with Gasteiger partial charge >= 0.3 is 12.0 Å². The summed E-state index contributed by atoms with van der Waals surface area (Å²) in [7, 11) is 0. The van der Waals surface area contributed by atoms with Gasteiger partial charge in [0.05, 0.1) is 12.0 Å². The molecule has 0 aromatic carbocycles. The second kappa shape index (κ2) is 6.14. The number of carboxylic acids is 1. The van der Waals surface area contributed by atoms with E-state index in [1.807, 2.05) is 0 Å². The molecule has 1 rings (SSSR count). The summed E-state index contributed by atoms with van der Waals surface area (Å²) in [5.74, 6) is 1.31. The van der Waals surface area contributed by atoms with Gasteiger partial charge < -0.3 is 15.7 Å². The molecule has 17 heavy (non-hydrogen) atoms. The standard InChI is InChI=1S/C12H18N2O3/c1-3-8(2)14-12(17)13-7-9-5-4-6-10(9)11(15)16/h1,8-10H,4-7H2,2H3,(H,15,16)(H2,13,14,17). The molecule has 5 heteroatoms. The van der Waals surface area contributed by atoms with Gasteiger partial charge in [-0.05, 0) is 25.7 Å². The Morgan fingerprint density at radius 3 is 2.82 bits per heavy atom. The van der Waals surface area contributed by atoms with Crippen molar-refractivity contribution in [3.63, 3.8) is 0 Å². The molecule has 5 nitrogen and oxygen atoms in total. The molecule has 0 saturated heterocycles. The highest BCUT2D eigenvalue weighted by Gasteiger charge is 2.32. The number of carbonyl (C=O) groups excluding carboxylic acids is 1. The Bertz CT molecular complexity index is 335. The second-order valence-corrected chi connectivity index (χ2v) is 4.38. The number of nitrogens with one attached hydrogen (secondary N) is 2. The van der Waals surface area contributed by atoms with Crippen LogP contribution in [0.1, 0.15) is 26.2 Å². The van der Waals surface area contributed by atoms with Crippen LogP contribution >= 0.6 is 0 Å². The van der Waals surface area contributed by atoms with Crippen LogP contribution in [0, 0.1) is 24.2 Å². The third-order valence-corrected chi connectivity index (χ3v) is 3.10. The predicted molar refractivity (Wildman–Crippen MR) is 63.3 cm³/mol. The molecule has 0 bridgehead atoms. The van der Waals surface area contributed by atoms with Crippen molar-refractivity contribution in [3.05, 3.63) is 0 Å². The number of hydrogen-bond donors (Lipinski definition) is 3. The van der Waals surface area contributed by atoms with Crippen molar-refractivity contribution in [2.24, 2.45) is 11.8 Å². The predicted octanol–water partition coefficient (Wildman–Crippen LogP) is 0.808. The van der Waals surface area contributed by atoms with Crippen LogP contribution < -0.4 is 10.6 Å². The lowest BCUT2D eigenvalue weighted by Gasteiger charge is -2.17. The third-order valence-electron chi connectivity index (χ3n) is 3.10. The molecule has 3 N–H and O–H groups in total. The number of terminal acetylenes is 1. The number of rotatable bonds is 4. The Hall–Kier alpha value is -1.70. The molecule has 0 aromatic heterocycles. The zero-order valence-corrected chi connectivity index (χ0v) is 9.90. The Morgan fingerprint density at radius 1 is 1.53 bits per heavy atom. The first kappa shape index (κ1) is 13.4. The Morgan fingerprint density at radius 2 is 2.24 bits per heavy atom. The normalized spacial score (nSPS) is 24.7. The summed E-state index contributed by atoms with van der Waals surface area (Å²) < 4.78 is 0. The lowest BCUT2D eigenvalue weighted by atomic mass is 9.96. The van der Waals surface area contributed by atoms with E-state index in [0.29, 0.717) is 13.0 Å². The maximum Gasteiger partial charge on any atom is 0.315 e. The van der Waals surface area contributed by atoms with Gasteiger partial charge in [-0.3, -0.25) is 4.79 Å². The summed E-state index contributed by atoms with van der Waals surface area (Å²) in [6.45, 7) is 2.09. The molecule has 0 aliphatic heterocycles. The molecule has 0 radical (unpaired) electrons. The third kappa shape index (κ3) is 3.99.